The molecule has 0 spiro atoms. The monoisotopic (exact) mass is 678 g/mol. The Morgan fingerprint density at radius 1 is 0.760 bits per heavy atom. The number of imidazole rings is 1. The molecule has 2 aromatic heterocycles. The summed E-state index contributed by atoms with van der Waals surface area (Å²) in [6.45, 7) is 2.43. The molecule has 262 valence electrons. The smallest absolute Gasteiger partial charge is 0.331 e. The van der Waals surface area contributed by atoms with Crippen LogP contribution in [0.15, 0.2) is 95.8 Å². The predicted octanol–water partition coefficient (Wildman–Crippen LogP) is 7.03. The number of piperidine rings is 1. The minimum Gasteiger partial charge on any atom is -0.473 e. The Bertz CT molecular complexity index is 1870. The molecule has 50 heavy (non-hydrogen) atoms. The Labute approximate surface area is 292 Å². The van der Waals surface area contributed by atoms with Crippen molar-refractivity contribution >= 4 is 16.7 Å². The van der Waals surface area contributed by atoms with Gasteiger partial charge in [-0.1, -0.05) is 60.7 Å². The van der Waals surface area contributed by atoms with Gasteiger partial charge in [0.1, 0.15) is 18.9 Å². The lowest BCUT2D eigenvalue weighted by atomic mass is 9.86. The standard InChI is InChI=1S/C40H46N4O6/c1-46-39(47-2)30-13-16-32(17-14-30)50-33-21-23-43(24-22-33)31-15-18-34-36(25-31)44(40(45)41-34)35-19-20-37(48-26-28-9-5-3-6-10-28)42-38(35)49-27-29-11-7-4-8-12-29/h3-12,15,18-20,25,30,32-33,39H,13-14,16-17,21-24,26-27H2,1-2H3,(H,41,45). The highest BCUT2D eigenvalue weighted by molar-refractivity contribution is 5.82. The molecule has 0 atom stereocenters. The Balaban J connectivity index is 1.07. The average Bonchev–Trinajstić information content (AvgIpc) is 3.50. The van der Waals surface area contributed by atoms with Gasteiger partial charge in [0.25, 0.3) is 0 Å². The number of fused-ring (bicyclic) bond motifs is 1. The number of nitrogens with one attached hydrogen (secondary N) is 1. The van der Waals surface area contributed by atoms with Crippen molar-refractivity contribution in [2.24, 2.45) is 5.92 Å². The van der Waals surface area contributed by atoms with Gasteiger partial charge in [0.15, 0.2) is 6.29 Å². The van der Waals surface area contributed by atoms with Gasteiger partial charge in [0, 0.05) is 45.0 Å². The molecule has 0 bridgehead atoms. The second kappa shape index (κ2) is 15.9. The molecule has 2 aliphatic rings. The highest BCUT2D eigenvalue weighted by atomic mass is 16.7. The number of hydrogen-bond donors (Lipinski definition) is 1. The fourth-order valence-corrected chi connectivity index (χ4v) is 7.26. The van der Waals surface area contributed by atoms with Gasteiger partial charge in [0.05, 0.1) is 23.2 Å². The topological polar surface area (TPSA) is 100 Å². The van der Waals surface area contributed by atoms with Crippen molar-refractivity contribution in [3.8, 4) is 17.4 Å². The molecule has 1 N–H and O–H groups in total. The Morgan fingerprint density at radius 2 is 1.40 bits per heavy atom. The van der Waals surface area contributed by atoms with Crippen LogP contribution in [0.3, 0.4) is 0 Å². The number of ether oxygens (including phenoxy) is 5. The van der Waals surface area contributed by atoms with Crippen molar-refractivity contribution in [1.82, 2.24) is 14.5 Å². The van der Waals surface area contributed by atoms with E-state index >= 15 is 0 Å². The van der Waals surface area contributed by atoms with E-state index in [1.54, 1.807) is 24.9 Å². The van der Waals surface area contributed by atoms with E-state index in [1.807, 2.05) is 72.8 Å². The van der Waals surface area contributed by atoms with Crippen LogP contribution in [-0.2, 0) is 27.4 Å². The number of methoxy groups -OCH3 is 2. The summed E-state index contributed by atoms with van der Waals surface area (Å²) < 4.78 is 31.6. The van der Waals surface area contributed by atoms with Crippen molar-refractivity contribution < 1.29 is 23.7 Å². The van der Waals surface area contributed by atoms with Crippen LogP contribution in [0.1, 0.15) is 49.7 Å². The summed E-state index contributed by atoms with van der Waals surface area (Å²) in [7, 11) is 3.43. The summed E-state index contributed by atoms with van der Waals surface area (Å²) in [6, 6.07) is 29.6. The first kappa shape index (κ1) is 33.8. The number of aromatic amines is 1. The van der Waals surface area contributed by atoms with E-state index in [1.165, 1.54) is 0 Å². The molecule has 0 radical (unpaired) electrons. The average molecular weight is 679 g/mol. The van der Waals surface area contributed by atoms with Gasteiger partial charge in [0.2, 0.25) is 11.8 Å². The maximum atomic E-state index is 13.5. The summed E-state index contributed by atoms with van der Waals surface area (Å²) in [4.78, 5) is 23.7. The third-order valence-electron chi connectivity index (χ3n) is 9.93. The van der Waals surface area contributed by atoms with E-state index in [9.17, 15) is 4.79 Å². The lowest BCUT2D eigenvalue weighted by molar-refractivity contribution is -0.153. The number of H-pyrrole nitrogens is 1. The van der Waals surface area contributed by atoms with E-state index in [2.05, 4.69) is 22.0 Å². The van der Waals surface area contributed by atoms with E-state index in [0.717, 1.165) is 79.5 Å². The molecule has 2 fully saturated rings. The van der Waals surface area contributed by atoms with E-state index in [-0.39, 0.29) is 18.1 Å². The number of anilines is 1. The van der Waals surface area contributed by atoms with Crippen LogP contribution in [-0.4, -0.2) is 60.3 Å². The van der Waals surface area contributed by atoms with E-state index in [4.69, 9.17) is 28.7 Å². The van der Waals surface area contributed by atoms with Crippen molar-refractivity contribution in [3.63, 3.8) is 0 Å². The zero-order chi connectivity index (χ0) is 34.3. The third kappa shape index (κ3) is 7.88. The van der Waals surface area contributed by atoms with Gasteiger partial charge in [-0.3, -0.25) is 4.57 Å². The van der Waals surface area contributed by atoms with Crippen LogP contribution in [0.4, 0.5) is 5.69 Å². The summed E-state index contributed by atoms with van der Waals surface area (Å²) in [5, 5.41) is 0. The molecule has 1 saturated heterocycles. The quantitative estimate of drug-likeness (QED) is 0.133. The summed E-state index contributed by atoms with van der Waals surface area (Å²) in [5.41, 5.74) is 4.89. The number of rotatable bonds is 13. The molecule has 0 unspecified atom stereocenters. The molecule has 1 aliphatic heterocycles. The number of benzene rings is 3. The van der Waals surface area contributed by atoms with Crippen LogP contribution in [0.5, 0.6) is 11.8 Å². The van der Waals surface area contributed by atoms with Crippen molar-refractivity contribution in [2.45, 2.75) is 70.2 Å². The lowest BCUT2D eigenvalue weighted by Gasteiger charge is -2.37. The highest BCUT2D eigenvalue weighted by Gasteiger charge is 2.30. The van der Waals surface area contributed by atoms with Crippen LogP contribution in [0.2, 0.25) is 0 Å². The van der Waals surface area contributed by atoms with Crippen LogP contribution < -0.4 is 20.1 Å². The zero-order valence-electron chi connectivity index (χ0n) is 28.8. The van der Waals surface area contributed by atoms with Gasteiger partial charge in [-0.05, 0) is 73.9 Å². The molecule has 5 aromatic rings. The number of aromatic nitrogens is 3. The lowest BCUT2D eigenvalue weighted by Crippen LogP contribution is -2.39. The molecule has 0 amide bonds. The third-order valence-corrected chi connectivity index (χ3v) is 9.93. The van der Waals surface area contributed by atoms with Crippen LogP contribution >= 0.6 is 0 Å². The first-order valence-corrected chi connectivity index (χ1v) is 17.6. The zero-order valence-corrected chi connectivity index (χ0v) is 28.8. The molecule has 10 nitrogen and oxygen atoms in total. The second-order valence-electron chi connectivity index (χ2n) is 13.2. The second-order valence-corrected chi connectivity index (χ2v) is 13.2. The van der Waals surface area contributed by atoms with Gasteiger partial charge >= 0.3 is 5.69 Å². The fraction of sp³-hybridized carbons (Fsp3) is 0.400. The van der Waals surface area contributed by atoms with Crippen molar-refractivity contribution in [3.05, 3.63) is 113 Å². The number of pyridine rings is 1. The highest BCUT2D eigenvalue weighted by Crippen LogP contribution is 2.33. The summed E-state index contributed by atoms with van der Waals surface area (Å²) in [6.07, 6.45) is 6.55. The Morgan fingerprint density at radius 3 is 2.06 bits per heavy atom. The maximum Gasteiger partial charge on any atom is 0.331 e. The molecule has 1 saturated carbocycles. The Hall–Kier alpha value is -4.64. The van der Waals surface area contributed by atoms with Gasteiger partial charge in [-0.2, -0.15) is 4.98 Å². The molecule has 7 rings (SSSR count). The van der Waals surface area contributed by atoms with E-state index < -0.39 is 0 Å². The molecular weight excluding hydrogens is 632 g/mol. The molecule has 1 aliphatic carbocycles. The number of nitrogens with zero attached hydrogens (tertiary/aromatic N) is 3. The van der Waals surface area contributed by atoms with Crippen molar-refractivity contribution in [1.29, 1.82) is 0 Å². The summed E-state index contributed by atoms with van der Waals surface area (Å²) in [5.74, 6) is 1.17. The van der Waals surface area contributed by atoms with Crippen molar-refractivity contribution in [2.75, 3.05) is 32.2 Å². The van der Waals surface area contributed by atoms with E-state index in [0.29, 0.717) is 42.7 Å². The largest absolute Gasteiger partial charge is 0.473 e. The minimum absolute atomic E-state index is 0.129. The molecular formula is C40H46N4O6. The minimum atomic E-state index is -0.259. The number of hydrogen-bond acceptors (Lipinski definition) is 8. The van der Waals surface area contributed by atoms with Gasteiger partial charge in [-0.25, -0.2) is 4.79 Å². The SMILES string of the molecule is COC(OC)C1CCC(OC2CCN(c3ccc4[nH]c(=O)n(-c5ccc(OCc6ccccc6)nc5OCc5ccccc5)c4c3)CC2)CC1. The van der Waals surface area contributed by atoms with Crippen LogP contribution in [0.25, 0.3) is 16.7 Å². The first-order chi connectivity index (χ1) is 24.6. The Kier molecular flexibility index (Phi) is 10.8. The van der Waals surface area contributed by atoms with Crippen LogP contribution in [0, 0.1) is 5.92 Å². The maximum absolute atomic E-state index is 13.5. The molecule has 3 aromatic carbocycles. The fourth-order valence-electron chi connectivity index (χ4n) is 7.26. The molecule has 10 heteroatoms. The van der Waals surface area contributed by atoms with Gasteiger partial charge in [-0.15, -0.1) is 0 Å². The predicted molar refractivity (Wildman–Crippen MR) is 193 cm³/mol. The molecule has 3 heterocycles. The normalized spacial score (nSPS) is 18.5. The van der Waals surface area contributed by atoms with Gasteiger partial charge < -0.3 is 33.6 Å². The summed E-state index contributed by atoms with van der Waals surface area (Å²) >= 11 is 0. The first-order valence-electron chi connectivity index (χ1n) is 17.6.